The van der Waals surface area contributed by atoms with E-state index in [1.165, 1.54) is 25.9 Å². The monoisotopic (exact) mass is 253 g/mol. The molecule has 2 saturated heterocycles. The molecule has 0 bridgehead atoms. The van der Waals surface area contributed by atoms with Crippen LogP contribution in [0.15, 0.2) is 0 Å². The third kappa shape index (κ3) is 3.04. The zero-order chi connectivity index (χ0) is 13.1. The van der Waals surface area contributed by atoms with E-state index in [0.717, 1.165) is 19.5 Å². The predicted octanol–water partition coefficient (Wildman–Crippen LogP) is 1.27. The lowest BCUT2D eigenvalue weighted by Crippen LogP contribution is -2.40. The van der Waals surface area contributed by atoms with Gasteiger partial charge in [-0.2, -0.15) is 0 Å². The molecule has 1 N–H and O–H groups in total. The summed E-state index contributed by atoms with van der Waals surface area (Å²) in [6.07, 6.45) is 3.76. The van der Waals surface area contributed by atoms with Crippen LogP contribution in [-0.2, 0) is 4.79 Å². The smallest absolute Gasteiger partial charge is 0.241 e. The molecule has 2 aliphatic rings. The Balaban J connectivity index is 1.82. The fraction of sp³-hybridized carbons (Fsp3) is 0.929. The van der Waals surface area contributed by atoms with Crippen LogP contribution in [0.25, 0.3) is 0 Å². The van der Waals surface area contributed by atoms with Gasteiger partial charge in [0.15, 0.2) is 0 Å². The Hall–Kier alpha value is -0.610. The number of nitrogens with one attached hydrogen (secondary N) is 1. The van der Waals surface area contributed by atoms with Crippen molar-refractivity contribution in [2.24, 2.45) is 5.92 Å². The van der Waals surface area contributed by atoms with Crippen molar-refractivity contribution >= 4 is 5.91 Å². The normalized spacial score (nSPS) is 31.3. The second kappa shape index (κ2) is 6.02. The van der Waals surface area contributed by atoms with E-state index in [0.29, 0.717) is 11.8 Å². The molecule has 0 radical (unpaired) electrons. The maximum atomic E-state index is 12.2. The van der Waals surface area contributed by atoms with Crippen LogP contribution in [0, 0.1) is 5.92 Å². The van der Waals surface area contributed by atoms with E-state index >= 15 is 0 Å². The van der Waals surface area contributed by atoms with E-state index in [9.17, 15) is 4.79 Å². The molecular weight excluding hydrogens is 226 g/mol. The van der Waals surface area contributed by atoms with Crippen LogP contribution in [0.1, 0.15) is 40.0 Å². The minimum absolute atomic E-state index is 0.0407. The van der Waals surface area contributed by atoms with Gasteiger partial charge in [-0.3, -0.25) is 10.1 Å². The Morgan fingerprint density at radius 3 is 2.56 bits per heavy atom. The lowest BCUT2D eigenvalue weighted by Gasteiger charge is -2.27. The molecule has 2 heterocycles. The summed E-state index contributed by atoms with van der Waals surface area (Å²) in [5.41, 5.74) is 0. The van der Waals surface area contributed by atoms with Crippen LogP contribution in [-0.4, -0.2) is 54.1 Å². The average molecular weight is 253 g/mol. The van der Waals surface area contributed by atoms with Crippen molar-refractivity contribution in [3.05, 3.63) is 0 Å². The summed E-state index contributed by atoms with van der Waals surface area (Å²) in [6, 6.07) is 0.0407. The molecule has 2 fully saturated rings. The third-order valence-corrected chi connectivity index (χ3v) is 4.18. The maximum Gasteiger partial charge on any atom is 0.241 e. The number of hydrogen-bond donors (Lipinski definition) is 1. The van der Waals surface area contributed by atoms with Crippen molar-refractivity contribution in [1.82, 2.24) is 15.1 Å². The van der Waals surface area contributed by atoms with Crippen molar-refractivity contribution in [2.45, 2.75) is 52.2 Å². The topological polar surface area (TPSA) is 35.6 Å². The largest absolute Gasteiger partial charge is 0.326 e. The summed E-state index contributed by atoms with van der Waals surface area (Å²) in [4.78, 5) is 16.7. The molecular formula is C14H27N3O. The van der Waals surface area contributed by atoms with Gasteiger partial charge < -0.3 is 9.80 Å². The summed E-state index contributed by atoms with van der Waals surface area (Å²) >= 11 is 0. The van der Waals surface area contributed by atoms with Gasteiger partial charge in [0.05, 0.1) is 12.2 Å². The number of carbonyl (C=O) groups is 1. The van der Waals surface area contributed by atoms with Gasteiger partial charge in [0.2, 0.25) is 5.91 Å². The fourth-order valence-electron chi connectivity index (χ4n) is 3.18. The molecule has 0 saturated carbocycles. The van der Waals surface area contributed by atoms with E-state index < -0.39 is 0 Å². The first-order chi connectivity index (χ1) is 8.61. The van der Waals surface area contributed by atoms with Crippen molar-refractivity contribution in [3.63, 3.8) is 0 Å². The van der Waals surface area contributed by atoms with Gasteiger partial charge in [-0.05, 0) is 45.2 Å². The molecule has 0 aromatic carbocycles. The quantitative estimate of drug-likeness (QED) is 0.801. The minimum atomic E-state index is 0.0407. The summed E-state index contributed by atoms with van der Waals surface area (Å²) in [7, 11) is 0. The fourth-order valence-corrected chi connectivity index (χ4v) is 3.18. The molecule has 4 heteroatoms. The molecule has 104 valence electrons. The number of nitrogens with zero attached hydrogens (tertiary/aromatic N) is 2. The molecule has 0 aliphatic carbocycles. The van der Waals surface area contributed by atoms with Crippen molar-refractivity contribution in [1.29, 1.82) is 0 Å². The third-order valence-electron chi connectivity index (χ3n) is 4.18. The van der Waals surface area contributed by atoms with Gasteiger partial charge in [0.25, 0.3) is 0 Å². The number of likely N-dealkylation sites (tertiary alicyclic amines) is 1. The van der Waals surface area contributed by atoms with Gasteiger partial charge in [-0.15, -0.1) is 0 Å². The molecule has 2 aliphatic heterocycles. The molecule has 0 spiro atoms. The van der Waals surface area contributed by atoms with Crippen molar-refractivity contribution in [2.75, 3.05) is 26.2 Å². The lowest BCUT2D eigenvalue weighted by atomic mass is 10.1. The Morgan fingerprint density at radius 2 is 2.00 bits per heavy atom. The number of rotatable bonds is 5. The molecule has 1 amide bonds. The first-order valence-corrected chi connectivity index (χ1v) is 7.40. The Kier molecular flexibility index (Phi) is 4.62. The predicted molar refractivity (Wildman–Crippen MR) is 73.2 cm³/mol. The van der Waals surface area contributed by atoms with Crippen LogP contribution in [0.2, 0.25) is 0 Å². The molecule has 3 unspecified atom stereocenters. The van der Waals surface area contributed by atoms with E-state index in [1.54, 1.807) is 0 Å². The van der Waals surface area contributed by atoms with Crippen LogP contribution in [0.5, 0.6) is 0 Å². The van der Waals surface area contributed by atoms with E-state index in [2.05, 4.69) is 31.0 Å². The van der Waals surface area contributed by atoms with Gasteiger partial charge in [-0.1, -0.05) is 13.8 Å². The summed E-state index contributed by atoms with van der Waals surface area (Å²) in [6.45, 7) is 10.9. The summed E-state index contributed by atoms with van der Waals surface area (Å²) < 4.78 is 0. The molecule has 4 nitrogen and oxygen atoms in total. The van der Waals surface area contributed by atoms with Crippen molar-refractivity contribution in [3.8, 4) is 0 Å². The highest BCUT2D eigenvalue weighted by molar-refractivity contribution is 5.84. The molecule has 0 aromatic heterocycles. The van der Waals surface area contributed by atoms with Gasteiger partial charge in [0, 0.05) is 13.1 Å². The first kappa shape index (κ1) is 13.8. The van der Waals surface area contributed by atoms with E-state index in [-0.39, 0.29) is 12.2 Å². The molecule has 3 atom stereocenters. The highest BCUT2D eigenvalue weighted by Crippen LogP contribution is 2.17. The lowest BCUT2D eigenvalue weighted by molar-refractivity contribution is -0.130. The summed E-state index contributed by atoms with van der Waals surface area (Å²) in [5, 5.41) is 3.37. The van der Waals surface area contributed by atoms with Crippen molar-refractivity contribution < 1.29 is 4.79 Å². The van der Waals surface area contributed by atoms with Gasteiger partial charge in [-0.25, -0.2) is 0 Å². The van der Waals surface area contributed by atoms with E-state index in [1.807, 2.05) is 4.90 Å². The summed E-state index contributed by atoms with van der Waals surface area (Å²) in [5.74, 6) is 0.852. The maximum absolute atomic E-state index is 12.2. The standard InChI is InChI=1S/C14H27N3O/c1-4-13-14(18)17(12(3)15-13)10-11(2)9-16-7-5-6-8-16/h11-13,15H,4-10H2,1-3H3. The van der Waals surface area contributed by atoms with Crippen LogP contribution in [0.4, 0.5) is 0 Å². The zero-order valence-electron chi connectivity index (χ0n) is 12.0. The highest BCUT2D eigenvalue weighted by Gasteiger charge is 2.35. The van der Waals surface area contributed by atoms with Crippen LogP contribution < -0.4 is 5.32 Å². The molecule has 2 rings (SSSR count). The number of carbonyl (C=O) groups excluding carboxylic acids is 1. The highest BCUT2D eigenvalue weighted by atomic mass is 16.2. The first-order valence-electron chi connectivity index (χ1n) is 7.40. The van der Waals surface area contributed by atoms with Crippen LogP contribution in [0.3, 0.4) is 0 Å². The van der Waals surface area contributed by atoms with E-state index in [4.69, 9.17) is 0 Å². The molecule has 0 aromatic rings. The SMILES string of the molecule is CCC1NC(C)N(CC(C)CN2CCCC2)C1=O. The second-order valence-corrected chi connectivity index (χ2v) is 5.91. The Labute approximate surface area is 111 Å². The zero-order valence-corrected chi connectivity index (χ0v) is 12.0. The second-order valence-electron chi connectivity index (χ2n) is 5.91. The Morgan fingerprint density at radius 1 is 1.33 bits per heavy atom. The number of amides is 1. The number of hydrogen-bond acceptors (Lipinski definition) is 3. The van der Waals surface area contributed by atoms with Crippen LogP contribution >= 0.6 is 0 Å². The minimum Gasteiger partial charge on any atom is -0.326 e. The van der Waals surface area contributed by atoms with Gasteiger partial charge >= 0.3 is 0 Å². The van der Waals surface area contributed by atoms with Gasteiger partial charge in [0.1, 0.15) is 0 Å². The Bertz CT molecular complexity index is 289. The molecule has 18 heavy (non-hydrogen) atoms. The average Bonchev–Trinajstić information content (AvgIpc) is 2.92.